The second kappa shape index (κ2) is 5.52. The molecule has 1 aromatic rings. The molecule has 1 rings (SSSR count). The van der Waals surface area contributed by atoms with Gasteiger partial charge in [-0.2, -0.15) is 5.10 Å². The van der Waals surface area contributed by atoms with Crippen LogP contribution in [0.15, 0.2) is 0 Å². The van der Waals surface area contributed by atoms with Gasteiger partial charge in [-0.25, -0.2) is 0 Å². The van der Waals surface area contributed by atoms with Gasteiger partial charge in [0.25, 0.3) is 0 Å². The summed E-state index contributed by atoms with van der Waals surface area (Å²) in [5.74, 6) is -0.831. The van der Waals surface area contributed by atoms with Crippen molar-refractivity contribution in [3.63, 3.8) is 0 Å². The van der Waals surface area contributed by atoms with E-state index in [1.165, 1.54) is 5.56 Å². The normalized spacial score (nSPS) is 14.5. The van der Waals surface area contributed by atoms with E-state index in [1.807, 2.05) is 18.5 Å². The summed E-state index contributed by atoms with van der Waals surface area (Å²) in [6, 6.07) is 0. The Hall–Kier alpha value is -1.36. The highest BCUT2D eigenvalue weighted by molar-refractivity contribution is 5.78. The molecule has 0 aliphatic heterocycles. The van der Waals surface area contributed by atoms with Crippen LogP contribution in [0.4, 0.5) is 0 Å². The van der Waals surface area contributed by atoms with Crippen LogP contribution in [0.1, 0.15) is 37.2 Å². The standard InChI is InChI=1S/C13H23N3O2/c1-6-11-9(2)15-16(10(11)3)8-7-13(4,14-5)12(17)18/h14H,6-8H2,1-5H3,(H,17,18). The van der Waals surface area contributed by atoms with Crippen molar-refractivity contribution in [1.82, 2.24) is 15.1 Å². The number of hydrogen-bond acceptors (Lipinski definition) is 3. The monoisotopic (exact) mass is 253 g/mol. The molecule has 18 heavy (non-hydrogen) atoms. The van der Waals surface area contributed by atoms with E-state index in [0.29, 0.717) is 13.0 Å². The first-order valence-corrected chi connectivity index (χ1v) is 6.31. The highest BCUT2D eigenvalue weighted by Gasteiger charge is 2.31. The number of likely N-dealkylation sites (N-methyl/N-ethyl adjacent to an activating group) is 1. The number of aliphatic carboxylic acids is 1. The topological polar surface area (TPSA) is 67.2 Å². The van der Waals surface area contributed by atoms with Gasteiger partial charge in [0.1, 0.15) is 5.54 Å². The number of carbonyl (C=O) groups is 1. The molecule has 0 saturated heterocycles. The summed E-state index contributed by atoms with van der Waals surface area (Å²) in [5, 5.41) is 16.5. The van der Waals surface area contributed by atoms with Gasteiger partial charge in [0.2, 0.25) is 0 Å². The van der Waals surface area contributed by atoms with E-state index < -0.39 is 11.5 Å². The van der Waals surface area contributed by atoms with Crippen LogP contribution in [0.3, 0.4) is 0 Å². The number of carboxylic acid groups (broad SMARTS) is 1. The number of rotatable bonds is 6. The predicted octanol–water partition coefficient (Wildman–Crippen LogP) is 1.52. The molecule has 0 aliphatic carbocycles. The van der Waals surface area contributed by atoms with Crippen molar-refractivity contribution in [3.8, 4) is 0 Å². The van der Waals surface area contributed by atoms with E-state index in [9.17, 15) is 9.90 Å². The second-order valence-corrected chi connectivity index (χ2v) is 4.86. The number of nitrogens with zero attached hydrogens (tertiary/aromatic N) is 2. The van der Waals surface area contributed by atoms with Gasteiger partial charge in [0, 0.05) is 12.2 Å². The van der Waals surface area contributed by atoms with Gasteiger partial charge in [-0.1, -0.05) is 6.92 Å². The lowest BCUT2D eigenvalue weighted by molar-refractivity contribution is -0.144. The summed E-state index contributed by atoms with van der Waals surface area (Å²) >= 11 is 0. The van der Waals surface area contributed by atoms with Gasteiger partial charge in [0.15, 0.2) is 0 Å². The summed E-state index contributed by atoms with van der Waals surface area (Å²) < 4.78 is 1.91. The Morgan fingerprint density at radius 2 is 2.11 bits per heavy atom. The summed E-state index contributed by atoms with van der Waals surface area (Å²) in [6.07, 6.45) is 1.46. The first kappa shape index (κ1) is 14.7. The van der Waals surface area contributed by atoms with Gasteiger partial charge in [-0.15, -0.1) is 0 Å². The Bertz CT molecular complexity index is 440. The van der Waals surface area contributed by atoms with Crippen LogP contribution in [-0.2, 0) is 17.8 Å². The lowest BCUT2D eigenvalue weighted by Gasteiger charge is -2.24. The highest BCUT2D eigenvalue weighted by Crippen LogP contribution is 2.16. The van der Waals surface area contributed by atoms with Crippen LogP contribution in [0.5, 0.6) is 0 Å². The molecule has 1 aromatic heterocycles. The molecule has 0 amide bonds. The Morgan fingerprint density at radius 3 is 2.50 bits per heavy atom. The summed E-state index contributed by atoms with van der Waals surface area (Å²) in [5.41, 5.74) is 2.53. The average Bonchev–Trinajstić information content (AvgIpc) is 2.60. The molecular formula is C13H23N3O2. The quantitative estimate of drug-likeness (QED) is 0.806. The van der Waals surface area contributed by atoms with E-state index in [0.717, 1.165) is 17.8 Å². The molecule has 0 spiro atoms. The van der Waals surface area contributed by atoms with E-state index in [4.69, 9.17) is 0 Å². The summed E-state index contributed by atoms with van der Waals surface area (Å²) in [7, 11) is 1.67. The molecule has 0 aliphatic rings. The van der Waals surface area contributed by atoms with E-state index in [1.54, 1.807) is 14.0 Å². The van der Waals surface area contributed by atoms with Crippen molar-refractivity contribution in [3.05, 3.63) is 17.0 Å². The zero-order valence-corrected chi connectivity index (χ0v) is 11.9. The van der Waals surface area contributed by atoms with Crippen LogP contribution in [-0.4, -0.2) is 33.4 Å². The lowest BCUT2D eigenvalue weighted by Crippen LogP contribution is -2.48. The molecular weight excluding hydrogens is 230 g/mol. The van der Waals surface area contributed by atoms with Gasteiger partial charge < -0.3 is 10.4 Å². The predicted molar refractivity (Wildman–Crippen MR) is 70.8 cm³/mol. The Balaban J connectivity index is 2.84. The minimum atomic E-state index is -0.904. The maximum Gasteiger partial charge on any atom is 0.323 e. The van der Waals surface area contributed by atoms with Crippen molar-refractivity contribution in [1.29, 1.82) is 0 Å². The van der Waals surface area contributed by atoms with Crippen molar-refractivity contribution in [2.45, 2.75) is 52.6 Å². The lowest BCUT2D eigenvalue weighted by atomic mass is 9.98. The van der Waals surface area contributed by atoms with Crippen LogP contribution in [0, 0.1) is 13.8 Å². The molecule has 2 N–H and O–H groups in total. The highest BCUT2D eigenvalue weighted by atomic mass is 16.4. The fourth-order valence-electron chi connectivity index (χ4n) is 2.13. The molecule has 0 bridgehead atoms. The number of hydrogen-bond donors (Lipinski definition) is 2. The van der Waals surface area contributed by atoms with Crippen molar-refractivity contribution in [2.75, 3.05) is 7.05 Å². The van der Waals surface area contributed by atoms with Gasteiger partial charge in [-0.05, 0) is 46.2 Å². The van der Waals surface area contributed by atoms with E-state index in [2.05, 4.69) is 17.3 Å². The molecule has 0 radical (unpaired) electrons. The first-order valence-electron chi connectivity index (χ1n) is 6.31. The van der Waals surface area contributed by atoms with Crippen LogP contribution >= 0.6 is 0 Å². The second-order valence-electron chi connectivity index (χ2n) is 4.86. The van der Waals surface area contributed by atoms with Gasteiger partial charge >= 0.3 is 5.97 Å². The molecule has 1 unspecified atom stereocenters. The Labute approximate surface area is 108 Å². The van der Waals surface area contributed by atoms with Crippen molar-refractivity contribution >= 4 is 5.97 Å². The van der Waals surface area contributed by atoms with E-state index in [-0.39, 0.29) is 0 Å². The number of carboxylic acids is 1. The Morgan fingerprint density at radius 1 is 1.50 bits per heavy atom. The zero-order chi connectivity index (χ0) is 13.9. The molecule has 1 atom stereocenters. The number of aryl methyl sites for hydroxylation is 2. The van der Waals surface area contributed by atoms with Crippen molar-refractivity contribution < 1.29 is 9.90 Å². The maximum absolute atomic E-state index is 11.2. The fraction of sp³-hybridized carbons (Fsp3) is 0.692. The molecule has 5 heteroatoms. The molecule has 0 fully saturated rings. The average molecular weight is 253 g/mol. The molecule has 0 aromatic carbocycles. The number of nitrogens with one attached hydrogen (secondary N) is 1. The van der Waals surface area contributed by atoms with Gasteiger partial charge in [-0.3, -0.25) is 9.48 Å². The number of aromatic nitrogens is 2. The summed E-state index contributed by atoms with van der Waals surface area (Å²) in [4.78, 5) is 11.2. The zero-order valence-electron chi connectivity index (χ0n) is 11.9. The fourth-order valence-corrected chi connectivity index (χ4v) is 2.13. The third-order valence-corrected chi connectivity index (χ3v) is 3.73. The largest absolute Gasteiger partial charge is 0.480 e. The van der Waals surface area contributed by atoms with Crippen molar-refractivity contribution in [2.24, 2.45) is 0 Å². The third-order valence-electron chi connectivity index (χ3n) is 3.73. The van der Waals surface area contributed by atoms with Crippen LogP contribution in [0.25, 0.3) is 0 Å². The van der Waals surface area contributed by atoms with Gasteiger partial charge in [0.05, 0.1) is 5.69 Å². The maximum atomic E-state index is 11.2. The first-order chi connectivity index (χ1) is 8.35. The van der Waals surface area contributed by atoms with E-state index >= 15 is 0 Å². The summed E-state index contributed by atoms with van der Waals surface area (Å²) in [6.45, 7) is 8.45. The molecule has 1 heterocycles. The smallest absolute Gasteiger partial charge is 0.323 e. The Kier molecular flexibility index (Phi) is 4.51. The van der Waals surface area contributed by atoms with Crippen LogP contribution in [0.2, 0.25) is 0 Å². The minimum absolute atomic E-state index is 0.504. The third kappa shape index (κ3) is 2.72. The molecule has 102 valence electrons. The molecule has 0 saturated carbocycles. The van der Waals surface area contributed by atoms with Crippen LogP contribution < -0.4 is 5.32 Å². The minimum Gasteiger partial charge on any atom is -0.480 e. The SMILES string of the molecule is CCc1c(C)nn(CCC(C)(NC)C(=O)O)c1C. The molecule has 5 nitrogen and oxygen atoms in total.